The Kier molecular flexibility index (Phi) is 7.11. The second kappa shape index (κ2) is 9.76. The number of hydrogen-bond acceptors (Lipinski definition) is 3. The number of urea groups is 1. The Morgan fingerprint density at radius 3 is 2.50 bits per heavy atom. The zero-order valence-corrected chi connectivity index (χ0v) is 19.0. The highest BCUT2D eigenvalue weighted by molar-refractivity contribution is 9.10. The number of nitrogens with zero attached hydrogens (tertiary/aromatic N) is 1. The van der Waals surface area contributed by atoms with Gasteiger partial charge in [-0.15, -0.1) is 0 Å². The lowest BCUT2D eigenvalue weighted by Gasteiger charge is -2.22. The predicted molar refractivity (Wildman–Crippen MR) is 124 cm³/mol. The van der Waals surface area contributed by atoms with Gasteiger partial charge in [-0.1, -0.05) is 67.0 Å². The summed E-state index contributed by atoms with van der Waals surface area (Å²) in [6.07, 6.45) is 2.39. The van der Waals surface area contributed by atoms with E-state index in [9.17, 15) is 4.79 Å². The maximum atomic E-state index is 12.4. The number of aromatic nitrogens is 1. The van der Waals surface area contributed by atoms with Crippen LogP contribution in [0.2, 0.25) is 0 Å². The quantitative estimate of drug-likeness (QED) is 0.447. The largest absolute Gasteiger partial charge is 0.437 e. The van der Waals surface area contributed by atoms with Gasteiger partial charge in [0.15, 0.2) is 0 Å². The molecule has 0 unspecified atom stereocenters. The van der Waals surface area contributed by atoms with Crippen molar-refractivity contribution in [3.63, 3.8) is 0 Å². The third kappa shape index (κ3) is 6.07. The number of nitrogens with one attached hydrogen (secondary N) is 2. The molecule has 3 rings (SSSR count). The van der Waals surface area contributed by atoms with Crippen molar-refractivity contribution in [2.24, 2.45) is 0 Å². The fourth-order valence-electron chi connectivity index (χ4n) is 2.98. The standard InChI is InChI=1S/C24H26BrN3O2/c1-24(2,3)19-7-4-5-9-21(19)30-22-20(8-6-15-26-22)28-23(29)27-16-14-17-10-12-18(25)13-11-17/h4-13,15H,14,16H2,1-3H3,(H2,27,28,29). The van der Waals surface area contributed by atoms with Crippen LogP contribution >= 0.6 is 15.9 Å². The summed E-state index contributed by atoms with van der Waals surface area (Å²) in [5, 5.41) is 5.72. The average molecular weight is 468 g/mol. The summed E-state index contributed by atoms with van der Waals surface area (Å²) < 4.78 is 7.13. The number of ether oxygens (including phenoxy) is 1. The smallest absolute Gasteiger partial charge is 0.319 e. The lowest BCUT2D eigenvalue weighted by molar-refractivity contribution is 0.252. The van der Waals surface area contributed by atoms with Gasteiger partial charge in [0.2, 0.25) is 5.88 Å². The number of rotatable bonds is 6. The first kappa shape index (κ1) is 21.8. The number of para-hydroxylation sites is 1. The number of amides is 2. The van der Waals surface area contributed by atoms with Crippen LogP contribution in [0.4, 0.5) is 10.5 Å². The van der Waals surface area contributed by atoms with E-state index >= 15 is 0 Å². The van der Waals surface area contributed by atoms with Gasteiger partial charge >= 0.3 is 6.03 Å². The maximum Gasteiger partial charge on any atom is 0.319 e. The highest BCUT2D eigenvalue weighted by atomic mass is 79.9. The van der Waals surface area contributed by atoms with E-state index in [-0.39, 0.29) is 11.4 Å². The van der Waals surface area contributed by atoms with E-state index in [2.05, 4.69) is 52.3 Å². The lowest BCUT2D eigenvalue weighted by atomic mass is 9.86. The van der Waals surface area contributed by atoms with Crippen molar-refractivity contribution in [1.29, 1.82) is 0 Å². The molecule has 0 saturated heterocycles. The summed E-state index contributed by atoms with van der Waals surface area (Å²) in [7, 11) is 0. The van der Waals surface area contributed by atoms with Gasteiger partial charge in [-0.05, 0) is 47.7 Å². The molecule has 0 radical (unpaired) electrons. The summed E-state index contributed by atoms with van der Waals surface area (Å²) >= 11 is 3.42. The van der Waals surface area contributed by atoms with Crippen LogP contribution in [0.3, 0.4) is 0 Å². The number of anilines is 1. The van der Waals surface area contributed by atoms with Crippen molar-refractivity contribution in [3.05, 3.63) is 82.5 Å². The van der Waals surface area contributed by atoms with Crippen LogP contribution in [0.5, 0.6) is 11.6 Å². The fourth-order valence-corrected chi connectivity index (χ4v) is 3.25. The minimum absolute atomic E-state index is 0.0800. The average Bonchev–Trinajstić information content (AvgIpc) is 2.70. The van der Waals surface area contributed by atoms with Crippen molar-refractivity contribution in [2.45, 2.75) is 32.6 Å². The Morgan fingerprint density at radius 2 is 1.77 bits per heavy atom. The molecule has 0 saturated carbocycles. The van der Waals surface area contributed by atoms with Crippen molar-refractivity contribution < 1.29 is 9.53 Å². The SMILES string of the molecule is CC(C)(C)c1ccccc1Oc1ncccc1NC(=O)NCCc1ccc(Br)cc1. The summed E-state index contributed by atoms with van der Waals surface area (Å²) in [4.78, 5) is 16.7. The Morgan fingerprint density at radius 1 is 1.03 bits per heavy atom. The molecule has 2 N–H and O–H groups in total. The zero-order chi connectivity index (χ0) is 21.6. The summed E-state index contributed by atoms with van der Waals surface area (Å²) in [5.74, 6) is 1.08. The molecule has 156 valence electrons. The van der Waals surface area contributed by atoms with Crippen LogP contribution in [0.1, 0.15) is 31.9 Å². The molecule has 2 amide bonds. The Hall–Kier alpha value is -2.86. The van der Waals surface area contributed by atoms with Gasteiger partial charge in [-0.3, -0.25) is 0 Å². The van der Waals surface area contributed by atoms with Crippen molar-refractivity contribution >= 4 is 27.6 Å². The third-order valence-electron chi connectivity index (χ3n) is 4.53. The molecule has 6 heteroatoms. The van der Waals surface area contributed by atoms with Crippen LogP contribution in [-0.2, 0) is 11.8 Å². The molecule has 0 aliphatic carbocycles. The number of halogens is 1. The molecule has 1 heterocycles. The third-order valence-corrected chi connectivity index (χ3v) is 5.06. The first-order valence-electron chi connectivity index (χ1n) is 9.84. The normalized spacial score (nSPS) is 11.1. The van der Waals surface area contributed by atoms with Gasteiger partial charge in [0.1, 0.15) is 11.4 Å². The van der Waals surface area contributed by atoms with Crippen LogP contribution in [0.25, 0.3) is 0 Å². The molecular weight excluding hydrogens is 442 g/mol. The van der Waals surface area contributed by atoms with Gasteiger partial charge in [-0.25, -0.2) is 9.78 Å². The van der Waals surface area contributed by atoms with Crippen LogP contribution in [-0.4, -0.2) is 17.6 Å². The number of carbonyl (C=O) groups excluding carboxylic acids is 1. The van der Waals surface area contributed by atoms with Gasteiger partial charge in [0.05, 0.1) is 0 Å². The van der Waals surface area contributed by atoms with Crippen molar-refractivity contribution in [3.8, 4) is 11.6 Å². The Balaban J connectivity index is 1.64. The number of pyridine rings is 1. The highest BCUT2D eigenvalue weighted by Crippen LogP contribution is 2.35. The summed E-state index contributed by atoms with van der Waals surface area (Å²) in [5.41, 5.74) is 2.66. The molecule has 0 aliphatic heterocycles. The first-order valence-corrected chi connectivity index (χ1v) is 10.6. The molecule has 30 heavy (non-hydrogen) atoms. The topological polar surface area (TPSA) is 63.2 Å². The molecule has 1 aromatic heterocycles. The van der Waals surface area contributed by atoms with E-state index in [1.165, 1.54) is 0 Å². The predicted octanol–water partition coefficient (Wildman–Crippen LogP) is 6.30. The van der Waals surface area contributed by atoms with Gasteiger partial charge < -0.3 is 15.4 Å². The van der Waals surface area contributed by atoms with E-state index in [1.54, 1.807) is 18.3 Å². The van der Waals surface area contributed by atoms with Crippen LogP contribution < -0.4 is 15.4 Å². The Bertz CT molecular complexity index is 998. The van der Waals surface area contributed by atoms with E-state index in [1.807, 2.05) is 48.5 Å². The van der Waals surface area contributed by atoms with Crippen molar-refractivity contribution in [1.82, 2.24) is 10.3 Å². The lowest BCUT2D eigenvalue weighted by Crippen LogP contribution is -2.30. The first-order chi connectivity index (χ1) is 14.3. The second-order valence-corrected chi connectivity index (χ2v) is 8.88. The molecule has 2 aromatic carbocycles. The minimum atomic E-state index is -0.297. The molecule has 0 bridgehead atoms. The molecule has 0 aliphatic rings. The fraction of sp³-hybridized carbons (Fsp3) is 0.250. The molecule has 5 nitrogen and oxygen atoms in total. The zero-order valence-electron chi connectivity index (χ0n) is 17.4. The number of benzene rings is 2. The van der Waals surface area contributed by atoms with Gasteiger partial charge in [-0.2, -0.15) is 0 Å². The van der Waals surface area contributed by atoms with E-state index in [0.717, 1.165) is 27.8 Å². The van der Waals surface area contributed by atoms with E-state index < -0.39 is 0 Å². The van der Waals surface area contributed by atoms with Crippen LogP contribution in [0.15, 0.2) is 71.3 Å². The molecule has 0 atom stereocenters. The maximum absolute atomic E-state index is 12.4. The molecular formula is C24H26BrN3O2. The van der Waals surface area contributed by atoms with Crippen molar-refractivity contribution in [2.75, 3.05) is 11.9 Å². The van der Waals surface area contributed by atoms with Crippen LogP contribution in [0, 0.1) is 0 Å². The summed E-state index contributed by atoms with van der Waals surface area (Å²) in [6.45, 7) is 6.92. The van der Waals surface area contributed by atoms with Gasteiger partial charge in [0.25, 0.3) is 0 Å². The Labute approximate surface area is 186 Å². The molecule has 0 spiro atoms. The molecule has 3 aromatic rings. The minimum Gasteiger partial charge on any atom is -0.437 e. The number of hydrogen-bond donors (Lipinski definition) is 2. The second-order valence-electron chi connectivity index (χ2n) is 7.96. The van der Waals surface area contributed by atoms with E-state index in [0.29, 0.717) is 18.1 Å². The highest BCUT2D eigenvalue weighted by Gasteiger charge is 2.20. The molecule has 0 fully saturated rings. The number of carbonyl (C=O) groups is 1. The summed E-state index contributed by atoms with van der Waals surface area (Å²) in [6, 6.07) is 19.2. The monoisotopic (exact) mass is 467 g/mol. The van der Waals surface area contributed by atoms with E-state index in [4.69, 9.17) is 4.74 Å². The van der Waals surface area contributed by atoms with Gasteiger partial charge in [0, 0.05) is 22.8 Å².